The van der Waals surface area contributed by atoms with E-state index in [9.17, 15) is 9.59 Å². The van der Waals surface area contributed by atoms with E-state index in [-0.39, 0.29) is 11.9 Å². The molecule has 6 nitrogen and oxygen atoms in total. The number of nitrogens with one attached hydrogen (secondary N) is 1. The van der Waals surface area contributed by atoms with Gasteiger partial charge in [-0.15, -0.1) is 6.58 Å². The fourth-order valence-electron chi connectivity index (χ4n) is 4.41. The molecule has 0 saturated carbocycles. The number of carbonyl (C=O) groups excluding carboxylic acids is 2. The third-order valence-corrected chi connectivity index (χ3v) is 6.04. The third kappa shape index (κ3) is 4.06. The molecule has 3 aromatic rings. The fourth-order valence-corrected chi connectivity index (χ4v) is 4.41. The normalized spacial score (nSPS) is 17.5. The highest BCUT2D eigenvalue weighted by Gasteiger charge is 2.44. The lowest BCUT2D eigenvalue weighted by Crippen LogP contribution is -2.47. The first-order chi connectivity index (χ1) is 16.7. The van der Waals surface area contributed by atoms with E-state index in [4.69, 9.17) is 4.74 Å². The second kappa shape index (κ2) is 9.27. The van der Waals surface area contributed by atoms with E-state index < -0.39 is 6.04 Å². The SMILES string of the molecule is C=CCN1C(=O)NC(c2cccc(OCc3ccccc3)c2)C2=C1CN(c1ccccc1)C2=O. The number of benzene rings is 3. The molecule has 1 unspecified atom stereocenters. The smallest absolute Gasteiger partial charge is 0.322 e. The van der Waals surface area contributed by atoms with Gasteiger partial charge in [0, 0.05) is 12.2 Å². The molecule has 2 aliphatic rings. The first kappa shape index (κ1) is 21.5. The van der Waals surface area contributed by atoms with Crippen molar-refractivity contribution in [2.24, 2.45) is 0 Å². The van der Waals surface area contributed by atoms with Crippen LogP contribution in [0.25, 0.3) is 0 Å². The molecule has 1 N–H and O–H groups in total. The second-order valence-electron chi connectivity index (χ2n) is 8.22. The van der Waals surface area contributed by atoms with E-state index in [0.29, 0.717) is 36.7 Å². The molecule has 0 radical (unpaired) electrons. The molecular weight excluding hydrogens is 426 g/mol. The highest BCUT2D eigenvalue weighted by molar-refractivity contribution is 6.11. The number of anilines is 1. The topological polar surface area (TPSA) is 61.9 Å². The van der Waals surface area contributed by atoms with Crippen molar-refractivity contribution in [1.82, 2.24) is 10.2 Å². The Bertz CT molecular complexity index is 1250. The molecule has 0 aromatic heterocycles. The molecule has 0 aliphatic carbocycles. The van der Waals surface area contributed by atoms with Crippen molar-refractivity contribution in [3.05, 3.63) is 120 Å². The van der Waals surface area contributed by atoms with Crippen molar-refractivity contribution in [3.63, 3.8) is 0 Å². The Labute approximate surface area is 198 Å². The van der Waals surface area contributed by atoms with Crippen LogP contribution in [0.1, 0.15) is 17.2 Å². The Morgan fingerprint density at radius 2 is 1.71 bits per heavy atom. The molecular formula is C28H25N3O3. The van der Waals surface area contributed by atoms with E-state index in [1.165, 1.54) is 0 Å². The van der Waals surface area contributed by atoms with Crippen LogP contribution in [0, 0.1) is 0 Å². The van der Waals surface area contributed by atoms with Gasteiger partial charge in [-0.2, -0.15) is 0 Å². The number of ether oxygens (including phenoxy) is 1. The van der Waals surface area contributed by atoms with Gasteiger partial charge in [0.15, 0.2) is 0 Å². The van der Waals surface area contributed by atoms with Gasteiger partial charge in [-0.25, -0.2) is 4.79 Å². The summed E-state index contributed by atoms with van der Waals surface area (Å²) in [7, 11) is 0. The number of carbonyl (C=O) groups is 2. The Hall–Kier alpha value is -4.32. The van der Waals surface area contributed by atoms with Crippen LogP contribution in [-0.2, 0) is 11.4 Å². The Kier molecular flexibility index (Phi) is 5.87. The molecule has 6 heteroatoms. The molecule has 0 fully saturated rings. The number of hydrogen-bond donors (Lipinski definition) is 1. The Morgan fingerprint density at radius 1 is 0.971 bits per heavy atom. The minimum atomic E-state index is -0.565. The van der Waals surface area contributed by atoms with Crippen LogP contribution < -0.4 is 15.0 Å². The zero-order valence-corrected chi connectivity index (χ0v) is 18.7. The summed E-state index contributed by atoms with van der Waals surface area (Å²) in [5, 5.41) is 3.02. The summed E-state index contributed by atoms with van der Waals surface area (Å²) < 4.78 is 5.99. The monoisotopic (exact) mass is 451 g/mol. The molecule has 1 atom stereocenters. The quantitative estimate of drug-likeness (QED) is 0.524. The predicted molar refractivity (Wildman–Crippen MR) is 131 cm³/mol. The van der Waals surface area contributed by atoms with Crippen LogP contribution in [0.3, 0.4) is 0 Å². The number of hydrogen-bond acceptors (Lipinski definition) is 3. The summed E-state index contributed by atoms with van der Waals surface area (Å²) in [6.07, 6.45) is 1.66. The van der Waals surface area contributed by atoms with E-state index in [0.717, 1.165) is 16.8 Å². The summed E-state index contributed by atoms with van der Waals surface area (Å²) in [5.74, 6) is 0.563. The number of nitrogens with zero attached hydrogens (tertiary/aromatic N) is 2. The standard InChI is InChI=1S/C28H25N3O3/c1-2-16-30-24-18-31(22-13-7-4-8-14-22)27(32)25(24)26(29-28(30)33)21-12-9-15-23(17-21)34-19-20-10-5-3-6-11-20/h2-15,17,26H,1,16,18-19H2,(H,29,33). The molecule has 0 saturated heterocycles. The number of urea groups is 1. The van der Waals surface area contributed by atoms with Gasteiger partial charge in [0.2, 0.25) is 0 Å². The summed E-state index contributed by atoms with van der Waals surface area (Å²) in [4.78, 5) is 29.9. The van der Waals surface area contributed by atoms with Gasteiger partial charge >= 0.3 is 6.03 Å². The van der Waals surface area contributed by atoms with E-state index >= 15 is 0 Å². The van der Waals surface area contributed by atoms with Gasteiger partial charge in [0.1, 0.15) is 12.4 Å². The first-order valence-electron chi connectivity index (χ1n) is 11.2. The van der Waals surface area contributed by atoms with Gasteiger partial charge in [-0.3, -0.25) is 9.69 Å². The zero-order valence-electron chi connectivity index (χ0n) is 18.7. The molecule has 5 rings (SSSR count). The summed E-state index contributed by atoms with van der Waals surface area (Å²) in [6.45, 7) is 4.87. The Morgan fingerprint density at radius 3 is 2.44 bits per heavy atom. The van der Waals surface area contributed by atoms with Crippen LogP contribution in [0.5, 0.6) is 5.75 Å². The lowest BCUT2D eigenvalue weighted by molar-refractivity contribution is -0.114. The minimum absolute atomic E-state index is 0.115. The van der Waals surface area contributed by atoms with Gasteiger partial charge in [0.25, 0.3) is 5.91 Å². The summed E-state index contributed by atoms with van der Waals surface area (Å²) >= 11 is 0. The van der Waals surface area contributed by atoms with E-state index in [1.54, 1.807) is 15.9 Å². The molecule has 3 aromatic carbocycles. The van der Waals surface area contributed by atoms with Crippen molar-refractivity contribution < 1.29 is 14.3 Å². The lowest BCUT2D eigenvalue weighted by Gasteiger charge is -2.33. The van der Waals surface area contributed by atoms with E-state index in [1.807, 2.05) is 84.9 Å². The Balaban J connectivity index is 1.47. The molecule has 2 aliphatic heterocycles. The predicted octanol–water partition coefficient (Wildman–Crippen LogP) is 4.82. The highest BCUT2D eigenvalue weighted by atomic mass is 16.5. The van der Waals surface area contributed by atoms with Crippen molar-refractivity contribution in [2.45, 2.75) is 12.6 Å². The molecule has 3 amide bonds. The van der Waals surface area contributed by atoms with Gasteiger partial charge in [-0.05, 0) is 35.4 Å². The summed E-state index contributed by atoms with van der Waals surface area (Å²) in [5.41, 5.74) is 3.94. The van der Waals surface area contributed by atoms with Crippen molar-refractivity contribution in [2.75, 3.05) is 18.0 Å². The molecule has 0 bridgehead atoms. The third-order valence-electron chi connectivity index (χ3n) is 6.04. The van der Waals surface area contributed by atoms with E-state index in [2.05, 4.69) is 11.9 Å². The molecule has 34 heavy (non-hydrogen) atoms. The molecule has 2 heterocycles. The van der Waals surface area contributed by atoms with Crippen LogP contribution in [0.15, 0.2) is 109 Å². The number of para-hydroxylation sites is 1. The molecule has 170 valence electrons. The maximum Gasteiger partial charge on any atom is 0.322 e. The first-order valence-corrected chi connectivity index (χ1v) is 11.2. The van der Waals surface area contributed by atoms with Crippen LogP contribution in [0.2, 0.25) is 0 Å². The van der Waals surface area contributed by atoms with Gasteiger partial charge < -0.3 is 15.0 Å². The van der Waals surface area contributed by atoms with Crippen LogP contribution in [-0.4, -0.2) is 29.9 Å². The van der Waals surface area contributed by atoms with Gasteiger partial charge in [-0.1, -0.05) is 66.7 Å². The highest BCUT2D eigenvalue weighted by Crippen LogP contribution is 2.38. The van der Waals surface area contributed by atoms with Crippen molar-refractivity contribution in [3.8, 4) is 5.75 Å². The zero-order chi connectivity index (χ0) is 23.5. The second-order valence-corrected chi connectivity index (χ2v) is 8.22. The minimum Gasteiger partial charge on any atom is -0.489 e. The van der Waals surface area contributed by atoms with Crippen molar-refractivity contribution in [1.29, 1.82) is 0 Å². The van der Waals surface area contributed by atoms with Crippen LogP contribution >= 0.6 is 0 Å². The van der Waals surface area contributed by atoms with Crippen molar-refractivity contribution >= 4 is 17.6 Å². The summed E-state index contributed by atoms with van der Waals surface area (Å²) in [6, 6.07) is 26.2. The average molecular weight is 452 g/mol. The van der Waals surface area contributed by atoms with Gasteiger partial charge in [0.05, 0.1) is 23.9 Å². The fraction of sp³-hybridized carbons (Fsp3) is 0.143. The maximum absolute atomic E-state index is 13.6. The molecule has 0 spiro atoms. The average Bonchev–Trinajstić information content (AvgIpc) is 3.22. The lowest BCUT2D eigenvalue weighted by atomic mass is 9.95. The number of rotatable bonds is 7. The van der Waals surface area contributed by atoms with Crippen LogP contribution in [0.4, 0.5) is 10.5 Å². The number of amides is 3. The largest absolute Gasteiger partial charge is 0.489 e. The maximum atomic E-state index is 13.6.